The van der Waals surface area contributed by atoms with E-state index in [1.165, 1.54) is 10.9 Å². The summed E-state index contributed by atoms with van der Waals surface area (Å²) in [5, 5.41) is 9.06. The summed E-state index contributed by atoms with van der Waals surface area (Å²) in [4.78, 5) is 26.1. The third-order valence-electron chi connectivity index (χ3n) is 3.70. The molecule has 0 bridgehead atoms. The Morgan fingerprint density at radius 3 is 2.91 bits per heavy atom. The highest BCUT2D eigenvalue weighted by molar-refractivity contribution is 5.58. The Labute approximate surface area is 127 Å². The predicted molar refractivity (Wildman–Crippen MR) is 77.1 cm³/mol. The number of rotatable bonds is 4. The highest BCUT2D eigenvalue weighted by Gasteiger charge is 2.27. The molecule has 3 heterocycles. The Morgan fingerprint density at radius 2 is 2.23 bits per heavy atom. The van der Waals surface area contributed by atoms with Gasteiger partial charge in [-0.25, -0.2) is 14.8 Å². The molecule has 9 heteroatoms. The summed E-state index contributed by atoms with van der Waals surface area (Å²) >= 11 is 0. The normalized spacial score (nSPS) is 26.0. The number of hydrogen-bond acceptors (Lipinski definition) is 7. The average Bonchev–Trinajstić information content (AvgIpc) is 3.03. The van der Waals surface area contributed by atoms with Crippen molar-refractivity contribution in [1.29, 1.82) is 0 Å². The quantitative estimate of drug-likeness (QED) is 0.579. The molecule has 3 rings (SSSR count). The second kappa shape index (κ2) is 6.95. The molecule has 0 spiro atoms. The minimum Gasteiger partial charge on any atom is -0.394 e. The summed E-state index contributed by atoms with van der Waals surface area (Å²) in [6, 6.07) is 0. The van der Waals surface area contributed by atoms with Gasteiger partial charge < -0.3 is 19.5 Å². The zero-order chi connectivity index (χ0) is 15.4. The van der Waals surface area contributed by atoms with Crippen molar-refractivity contribution in [3.8, 4) is 0 Å². The summed E-state index contributed by atoms with van der Waals surface area (Å²) in [6.07, 6.45) is 3.76. The Bertz CT molecular complexity index is 584. The minimum atomic E-state index is -0.451. The van der Waals surface area contributed by atoms with E-state index in [1.807, 2.05) is 4.90 Å². The van der Waals surface area contributed by atoms with Gasteiger partial charge in [-0.3, -0.25) is 4.57 Å². The van der Waals surface area contributed by atoms with E-state index in [0.29, 0.717) is 26.1 Å². The molecule has 0 saturated carbocycles. The van der Waals surface area contributed by atoms with Gasteiger partial charge in [0.25, 0.3) is 5.95 Å². The maximum Gasteiger partial charge on any atom is 0.354 e. The molecule has 1 aromatic rings. The van der Waals surface area contributed by atoms with Crippen LogP contribution in [-0.2, 0) is 9.47 Å². The van der Waals surface area contributed by atoms with Gasteiger partial charge in [0.15, 0.2) is 0 Å². The van der Waals surface area contributed by atoms with Crippen LogP contribution in [0.25, 0.3) is 0 Å². The van der Waals surface area contributed by atoms with Crippen LogP contribution in [0.2, 0.25) is 0 Å². The number of ether oxygens (including phenoxy) is 2. The fraction of sp³-hybridized carbons (Fsp3) is 0.692. The standard InChI is InChI=1S/C13H19N5O4/c19-7-10-1-2-11(22-10)18-9-15-12(16-13(18)20)14-8-17-3-5-21-6-4-17/h8-11,19H,1-7H2/t10-,11+/m0/s1. The van der Waals surface area contributed by atoms with Gasteiger partial charge in [-0.15, -0.1) is 0 Å². The van der Waals surface area contributed by atoms with Crippen LogP contribution >= 0.6 is 0 Å². The van der Waals surface area contributed by atoms with Crippen molar-refractivity contribution >= 4 is 12.3 Å². The van der Waals surface area contributed by atoms with Crippen molar-refractivity contribution in [1.82, 2.24) is 19.4 Å². The Kier molecular flexibility index (Phi) is 4.76. The van der Waals surface area contributed by atoms with Crippen molar-refractivity contribution < 1.29 is 14.6 Å². The zero-order valence-corrected chi connectivity index (χ0v) is 12.2. The first kappa shape index (κ1) is 15.1. The lowest BCUT2D eigenvalue weighted by Gasteiger charge is -2.23. The van der Waals surface area contributed by atoms with E-state index >= 15 is 0 Å². The van der Waals surface area contributed by atoms with Crippen LogP contribution in [0, 0.1) is 0 Å². The van der Waals surface area contributed by atoms with Crippen LogP contribution < -0.4 is 5.69 Å². The Hall–Kier alpha value is -1.84. The maximum absolute atomic E-state index is 12.0. The molecule has 2 fully saturated rings. The number of hydrogen-bond donors (Lipinski definition) is 1. The second-order valence-electron chi connectivity index (χ2n) is 5.21. The summed E-state index contributed by atoms with van der Waals surface area (Å²) in [7, 11) is 0. The van der Waals surface area contributed by atoms with E-state index in [0.717, 1.165) is 13.1 Å². The Balaban J connectivity index is 1.67. The molecule has 22 heavy (non-hydrogen) atoms. The molecule has 1 aromatic heterocycles. The van der Waals surface area contributed by atoms with E-state index < -0.39 is 11.9 Å². The molecule has 1 N–H and O–H groups in total. The number of nitrogens with zero attached hydrogens (tertiary/aromatic N) is 5. The molecule has 2 aliphatic heterocycles. The highest BCUT2D eigenvalue weighted by Crippen LogP contribution is 2.26. The van der Waals surface area contributed by atoms with E-state index in [9.17, 15) is 4.79 Å². The van der Waals surface area contributed by atoms with Gasteiger partial charge in [-0.05, 0) is 12.8 Å². The fourth-order valence-corrected chi connectivity index (χ4v) is 2.45. The monoisotopic (exact) mass is 309 g/mol. The smallest absolute Gasteiger partial charge is 0.354 e. The van der Waals surface area contributed by atoms with Crippen molar-refractivity contribution in [2.75, 3.05) is 32.9 Å². The summed E-state index contributed by atoms with van der Waals surface area (Å²) < 4.78 is 12.1. The van der Waals surface area contributed by atoms with E-state index in [1.54, 1.807) is 6.34 Å². The molecular weight excluding hydrogens is 290 g/mol. The highest BCUT2D eigenvalue weighted by atomic mass is 16.5. The van der Waals surface area contributed by atoms with Crippen LogP contribution in [0.15, 0.2) is 16.1 Å². The lowest BCUT2D eigenvalue weighted by molar-refractivity contribution is -0.0250. The van der Waals surface area contributed by atoms with Crippen molar-refractivity contribution in [2.45, 2.75) is 25.2 Å². The SMILES string of the molecule is O=c1nc(N=CN2CCOCC2)ncn1[C@H]1CC[C@@H](CO)O1. The van der Waals surface area contributed by atoms with Crippen molar-refractivity contribution in [3.05, 3.63) is 16.8 Å². The lowest BCUT2D eigenvalue weighted by atomic mass is 10.2. The summed E-state index contributed by atoms with van der Waals surface area (Å²) in [6.45, 7) is 2.81. The second-order valence-corrected chi connectivity index (χ2v) is 5.21. The van der Waals surface area contributed by atoms with Gasteiger partial charge in [0.05, 0.1) is 32.3 Å². The molecule has 0 amide bonds. The van der Waals surface area contributed by atoms with Crippen molar-refractivity contribution in [2.24, 2.45) is 4.99 Å². The fourth-order valence-electron chi connectivity index (χ4n) is 2.45. The first-order valence-corrected chi connectivity index (χ1v) is 7.34. The van der Waals surface area contributed by atoms with E-state index in [2.05, 4.69) is 15.0 Å². The minimum absolute atomic E-state index is 0.0476. The predicted octanol–water partition coefficient (Wildman–Crippen LogP) is -0.700. The third kappa shape index (κ3) is 3.49. The first-order chi connectivity index (χ1) is 10.8. The van der Waals surface area contributed by atoms with Gasteiger partial charge >= 0.3 is 5.69 Å². The molecule has 0 radical (unpaired) electrons. The molecular formula is C13H19N5O4. The topological polar surface area (TPSA) is 102 Å². The molecule has 0 aliphatic carbocycles. The number of aliphatic imine (C=N–C) groups is 1. The van der Waals surface area contributed by atoms with Crippen molar-refractivity contribution in [3.63, 3.8) is 0 Å². The Morgan fingerprint density at radius 1 is 1.41 bits per heavy atom. The van der Waals surface area contributed by atoms with Gasteiger partial charge in [0, 0.05) is 13.1 Å². The molecule has 2 saturated heterocycles. The number of morpholine rings is 1. The van der Waals surface area contributed by atoms with Crippen LogP contribution in [0.5, 0.6) is 0 Å². The molecule has 120 valence electrons. The lowest BCUT2D eigenvalue weighted by Crippen LogP contribution is -2.35. The van der Waals surface area contributed by atoms with Crippen LogP contribution in [0.1, 0.15) is 19.1 Å². The summed E-state index contributed by atoms with van der Waals surface area (Å²) in [5.41, 5.74) is -0.451. The third-order valence-corrected chi connectivity index (χ3v) is 3.70. The molecule has 0 unspecified atom stereocenters. The average molecular weight is 309 g/mol. The van der Waals surface area contributed by atoms with E-state index in [-0.39, 0.29) is 18.7 Å². The van der Waals surface area contributed by atoms with Gasteiger partial charge in [-0.1, -0.05) is 0 Å². The molecule has 2 aliphatic rings. The summed E-state index contributed by atoms with van der Waals surface area (Å²) in [5.74, 6) is 0.129. The van der Waals surface area contributed by atoms with E-state index in [4.69, 9.17) is 14.6 Å². The van der Waals surface area contributed by atoms with Gasteiger partial charge in [-0.2, -0.15) is 4.98 Å². The number of aliphatic hydroxyl groups is 1. The zero-order valence-electron chi connectivity index (χ0n) is 12.2. The largest absolute Gasteiger partial charge is 0.394 e. The van der Waals surface area contributed by atoms with Crippen LogP contribution in [-0.4, -0.2) is 69.9 Å². The van der Waals surface area contributed by atoms with Crippen LogP contribution in [0.3, 0.4) is 0 Å². The van der Waals surface area contributed by atoms with Gasteiger partial charge in [0.1, 0.15) is 12.6 Å². The molecule has 2 atom stereocenters. The number of aromatic nitrogens is 3. The first-order valence-electron chi connectivity index (χ1n) is 7.34. The molecule has 9 nitrogen and oxygen atoms in total. The maximum atomic E-state index is 12.0. The van der Waals surface area contributed by atoms with Crippen LogP contribution in [0.4, 0.5) is 5.95 Å². The number of aliphatic hydroxyl groups excluding tert-OH is 1. The molecule has 0 aromatic carbocycles. The van der Waals surface area contributed by atoms with Gasteiger partial charge in [0.2, 0.25) is 0 Å².